The molecule has 2 rings (SSSR count). The van der Waals surface area contributed by atoms with Crippen molar-refractivity contribution in [1.29, 1.82) is 0 Å². The number of aliphatic hydroxyl groups is 1. The smallest absolute Gasteiger partial charge is 0.0703 e. The van der Waals surface area contributed by atoms with E-state index in [1.807, 2.05) is 0 Å². The zero-order valence-electron chi connectivity index (χ0n) is 7.34. The Labute approximate surface area is 68.8 Å². The number of rotatable bonds is 2. The quantitative estimate of drug-likeness (QED) is 0.647. The molecule has 0 aliphatic heterocycles. The van der Waals surface area contributed by atoms with Crippen LogP contribution in [0.5, 0.6) is 0 Å². The van der Waals surface area contributed by atoms with Crippen LogP contribution in [0.4, 0.5) is 0 Å². The molecule has 0 saturated heterocycles. The van der Waals surface area contributed by atoms with Gasteiger partial charge in [0.2, 0.25) is 0 Å². The fourth-order valence-electron chi connectivity index (χ4n) is 2.76. The first-order chi connectivity index (χ1) is 5.27. The van der Waals surface area contributed by atoms with Gasteiger partial charge in [0.1, 0.15) is 0 Å². The Hall–Kier alpha value is -0.0400. The summed E-state index contributed by atoms with van der Waals surface area (Å²) in [5.41, 5.74) is -0.227. The van der Waals surface area contributed by atoms with Gasteiger partial charge in [-0.25, -0.2) is 0 Å². The molecule has 1 heteroatoms. The average Bonchev–Trinajstić information content (AvgIpc) is 2.77. The van der Waals surface area contributed by atoms with Gasteiger partial charge in [-0.2, -0.15) is 0 Å². The zero-order valence-corrected chi connectivity index (χ0v) is 7.34. The lowest BCUT2D eigenvalue weighted by Crippen LogP contribution is -2.35. The molecule has 2 aliphatic rings. The Morgan fingerprint density at radius 3 is 2.64 bits per heavy atom. The highest BCUT2D eigenvalue weighted by Crippen LogP contribution is 2.52. The van der Waals surface area contributed by atoms with Crippen LogP contribution < -0.4 is 0 Å². The van der Waals surface area contributed by atoms with E-state index in [2.05, 4.69) is 6.92 Å². The summed E-state index contributed by atoms with van der Waals surface area (Å²) in [7, 11) is 0. The first-order valence-corrected chi connectivity index (χ1v) is 4.99. The average molecular weight is 154 g/mol. The van der Waals surface area contributed by atoms with E-state index in [1.165, 1.54) is 32.1 Å². The molecule has 1 N–H and O–H groups in total. The molecule has 2 fully saturated rings. The second-order valence-electron chi connectivity index (χ2n) is 4.26. The van der Waals surface area contributed by atoms with E-state index in [1.54, 1.807) is 0 Å². The predicted molar refractivity (Wildman–Crippen MR) is 45.3 cm³/mol. The van der Waals surface area contributed by atoms with E-state index in [9.17, 15) is 5.11 Å². The van der Waals surface area contributed by atoms with Crippen molar-refractivity contribution in [3.8, 4) is 0 Å². The predicted octanol–water partition coefficient (Wildman–Crippen LogP) is 2.34. The molecule has 0 aromatic rings. The van der Waals surface area contributed by atoms with Crippen LogP contribution in [0, 0.1) is 11.8 Å². The standard InChI is InChI=1S/C10H18O/c1-2-8-4-3-7-10(8,11)9-5-6-9/h8-9,11H,2-7H2,1H3. The monoisotopic (exact) mass is 154 g/mol. The molecule has 2 unspecified atom stereocenters. The SMILES string of the molecule is CCC1CCCC1(O)C1CC1. The summed E-state index contributed by atoms with van der Waals surface area (Å²) in [5.74, 6) is 1.30. The molecule has 0 aromatic carbocycles. The first kappa shape index (κ1) is 7.60. The van der Waals surface area contributed by atoms with Crippen LogP contribution in [-0.2, 0) is 0 Å². The van der Waals surface area contributed by atoms with Crippen molar-refractivity contribution in [2.24, 2.45) is 11.8 Å². The van der Waals surface area contributed by atoms with Crippen molar-refractivity contribution in [3.05, 3.63) is 0 Å². The molecule has 2 saturated carbocycles. The Morgan fingerprint density at radius 1 is 1.36 bits per heavy atom. The molecule has 1 nitrogen and oxygen atoms in total. The van der Waals surface area contributed by atoms with Crippen molar-refractivity contribution in [3.63, 3.8) is 0 Å². The van der Waals surface area contributed by atoms with E-state index < -0.39 is 0 Å². The molecule has 0 heterocycles. The minimum Gasteiger partial charge on any atom is -0.389 e. The maximum atomic E-state index is 10.3. The Bertz CT molecular complexity index is 151. The van der Waals surface area contributed by atoms with Crippen molar-refractivity contribution in [2.75, 3.05) is 0 Å². The largest absolute Gasteiger partial charge is 0.389 e. The second kappa shape index (κ2) is 2.48. The normalized spacial score (nSPS) is 44.7. The molecule has 0 amide bonds. The molecule has 64 valence electrons. The van der Waals surface area contributed by atoms with Gasteiger partial charge in [0.15, 0.2) is 0 Å². The number of hydrogen-bond acceptors (Lipinski definition) is 1. The van der Waals surface area contributed by atoms with E-state index in [-0.39, 0.29) is 5.60 Å². The summed E-state index contributed by atoms with van der Waals surface area (Å²) in [4.78, 5) is 0. The van der Waals surface area contributed by atoms with Crippen LogP contribution in [-0.4, -0.2) is 10.7 Å². The van der Waals surface area contributed by atoms with E-state index in [4.69, 9.17) is 0 Å². The van der Waals surface area contributed by atoms with Gasteiger partial charge >= 0.3 is 0 Å². The van der Waals surface area contributed by atoms with Crippen LogP contribution in [0.1, 0.15) is 45.4 Å². The van der Waals surface area contributed by atoms with Gasteiger partial charge in [-0.05, 0) is 37.5 Å². The van der Waals surface area contributed by atoms with Crippen LogP contribution in [0.15, 0.2) is 0 Å². The highest BCUT2D eigenvalue weighted by Gasteiger charge is 2.50. The fraction of sp³-hybridized carbons (Fsp3) is 1.00. The maximum absolute atomic E-state index is 10.3. The van der Waals surface area contributed by atoms with Crippen molar-refractivity contribution in [1.82, 2.24) is 0 Å². The lowest BCUT2D eigenvalue weighted by Gasteiger charge is -2.29. The second-order valence-corrected chi connectivity index (χ2v) is 4.26. The van der Waals surface area contributed by atoms with Crippen LogP contribution in [0.25, 0.3) is 0 Å². The molecule has 0 spiro atoms. The highest BCUT2D eigenvalue weighted by atomic mass is 16.3. The van der Waals surface area contributed by atoms with Gasteiger partial charge in [0.25, 0.3) is 0 Å². The van der Waals surface area contributed by atoms with E-state index >= 15 is 0 Å². The Morgan fingerprint density at radius 2 is 2.09 bits per heavy atom. The van der Waals surface area contributed by atoms with Crippen LogP contribution >= 0.6 is 0 Å². The van der Waals surface area contributed by atoms with Crippen LogP contribution in [0.3, 0.4) is 0 Å². The van der Waals surface area contributed by atoms with Gasteiger partial charge in [0.05, 0.1) is 5.60 Å². The Balaban J connectivity index is 2.08. The van der Waals surface area contributed by atoms with E-state index in [0.717, 1.165) is 6.42 Å². The summed E-state index contributed by atoms with van der Waals surface area (Å²) in [6, 6.07) is 0. The molecule has 11 heavy (non-hydrogen) atoms. The van der Waals surface area contributed by atoms with Crippen molar-refractivity contribution in [2.45, 2.75) is 51.0 Å². The van der Waals surface area contributed by atoms with Gasteiger partial charge in [-0.3, -0.25) is 0 Å². The van der Waals surface area contributed by atoms with Gasteiger partial charge in [-0.1, -0.05) is 19.8 Å². The minimum atomic E-state index is -0.227. The van der Waals surface area contributed by atoms with E-state index in [0.29, 0.717) is 11.8 Å². The first-order valence-electron chi connectivity index (χ1n) is 4.99. The van der Waals surface area contributed by atoms with Gasteiger partial charge in [-0.15, -0.1) is 0 Å². The zero-order chi connectivity index (χ0) is 7.90. The maximum Gasteiger partial charge on any atom is 0.0703 e. The molecule has 2 atom stereocenters. The summed E-state index contributed by atoms with van der Waals surface area (Å²) < 4.78 is 0. The third kappa shape index (κ3) is 1.10. The lowest BCUT2D eigenvalue weighted by molar-refractivity contribution is -0.0201. The molecular formula is C10H18O. The lowest BCUT2D eigenvalue weighted by atomic mass is 9.84. The van der Waals surface area contributed by atoms with Crippen molar-refractivity contribution < 1.29 is 5.11 Å². The highest BCUT2D eigenvalue weighted by molar-refractivity contribution is 5.01. The van der Waals surface area contributed by atoms with Crippen molar-refractivity contribution >= 4 is 0 Å². The third-order valence-corrected chi connectivity index (χ3v) is 3.61. The van der Waals surface area contributed by atoms with Gasteiger partial charge in [0, 0.05) is 0 Å². The molecule has 0 bridgehead atoms. The summed E-state index contributed by atoms with van der Waals surface area (Å²) in [6.07, 6.45) is 7.35. The topological polar surface area (TPSA) is 20.2 Å². The fourth-order valence-corrected chi connectivity index (χ4v) is 2.76. The summed E-state index contributed by atoms with van der Waals surface area (Å²) >= 11 is 0. The minimum absolute atomic E-state index is 0.227. The molecule has 2 aliphatic carbocycles. The summed E-state index contributed by atoms with van der Waals surface area (Å²) in [5, 5.41) is 10.3. The molecule has 0 radical (unpaired) electrons. The third-order valence-electron chi connectivity index (χ3n) is 3.61. The Kier molecular flexibility index (Phi) is 1.71. The molecule has 0 aromatic heterocycles. The number of hydrogen-bond donors (Lipinski definition) is 1. The van der Waals surface area contributed by atoms with Crippen LogP contribution in [0.2, 0.25) is 0 Å². The molecular weight excluding hydrogens is 136 g/mol. The van der Waals surface area contributed by atoms with Gasteiger partial charge < -0.3 is 5.11 Å². The summed E-state index contributed by atoms with van der Waals surface area (Å²) in [6.45, 7) is 2.21.